The number of nitrogens with zero attached hydrogens (tertiary/aromatic N) is 1. The average molecular weight is 183 g/mol. The van der Waals surface area contributed by atoms with E-state index in [4.69, 9.17) is 4.74 Å². The van der Waals surface area contributed by atoms with Gasteiger partial charge in [0.25, 0.3) is 0 Å². The third-order valence-electron chi connectivity index (χ3n) is 1.27. The summed E-state index contributed by atoms with van der Waals surface area (Å²) in [6, 6.07) is 1.79. The van der Waals surface area contributed by atoms with Gasteiger partial charge in [0.2, 0.25) is 5.88 Å². The average Bonchev–Trinajstić information content (AvgIpc) is 2.52. The number of ether oxygens (including phenoxy) is 1. The Balaban J connectivity index is 2.82. The summed E-state index contributed by atoms with van der Waals surface area (Å²) >= 11 is 1.31. The maximum Gasteiger partial charge on any atom is 0.225 e. The first-order valence-electron chi connectivity index (χ1n) is 3.40. The van der Waals surface area contributed by atoms with Crippen molar-refractivity contribution in [3.8, 4) is 5.88 Å². The third kappa shape index (κ3) is 2.17. The van der Waals surface area contributed by atoms with E-state index in [1.807, 2.05) is 0 Å². The van der Waals surface area contributed by atoms with Gasteiger partial charge in [-0.05, 0) is 30.1 Å². The molecule has 1 aromatic heterocycles. The van der Waals surface area contributed by atoms with Crippen LogP contribution in [0.4, 0.5) is 0 Å². The second-order valence-corrected chi connectivity index (χ2v) is 3.11. The number of carbonyl (C=O) groups is 1. The Morgan fingerprint density at radius 3 is 3.00 bits per heavy atom. The highest BCUT2D eigenvalue weighted by molar-refractivity contribution is 7.06. The number of hydrogen-bond donors (Lipinski definition) is 0. The normalized spacial score (nSPS) is 11.3. The summed E-state index contributed by atoms with van der Waals surface area (Å²) in [6.07, 6.45) is 2.58. The molecule has 3 nitrogen and oxygen atoms in total. The number of hydrogen-bond acceptors (Lipinski definition) is 4. The van der Waals surface area contributed by atoms with Gasteiger partial charge in [-0.3, -0.25) is 4.79 Å². The molecule has 64 valence electrons. The Labute approximate surface area is 74.8 Å². The first-order valence-corrected chi connectivity index (χ1v) is 4.18. The molecule has 0 fully saturated rings. The molecule has 0 saturated carbocycles. The van der Waals surface area contributed by atoms with Gasteiger partial charge in [-0.15, -0.1) is 0 Å². The zero-order valence-corrected chi connectivity index (χ0v) is 7.72. The highest BCUT2D eigenvalue weighted by atomic mass is 32.1. The summed E-state index contributed by atoms with van der Waals surface area (Å²) in [7, 11) is 1.56. The van der Waals surface area contributed by atoms with Crippen LogP contribution in [0.3, 0.4) is 0 Å². The molecule has 1 rings (SSSR count). The van der Waals surface area contributed by atoms with Crippen molar-refractivity contribution < 1.29 is 9.53 Å². The lowest BCUT2D eigenvalue weighted by atomic mass is 10.3. The van der Waals surface area contributed by atoms with E-state index < -0.39 is 0 Å². The highest BCUT2D eigenvalue weighted by Crippen LogP contribution is 2.18. The highest BCUT2D eigenvalue weighted by Gasteiger charge is 1.98. The fourth-order valence-corrected chi connectivity index (χ4v) is 1.41. The number of allylic oxidation sites excluding steroid dienone is 1. The van der Waals surface area contributed by atoms with Gasteiger partial charge in [0, 0.05) is 6.07 Å². The van der Waals surface area contributed by atoms with Crippen LogP contribution in [0.25, 0.3) is 6.08 Å². The van der Waals surface area contributed by atoms with Crippen LogP contribution in [0, 0.1) is 0 Å². The summed E-state index contributed by atoms with van der Waals surface area (Å²) < 4.78 is 8.87. The third-order valence-corrected chi connectivity index (χ3v) is 1.99. The van der Waals surface area contributed by atoms with Crippen LogP contribution in [-0.2, 0) is 4.79 Å². The summed E-state index contributed by atoms with van der Waals surface area (Å²) in [5.74, 6) is 0.588. The molecular weight excluding hydrogens is 174 g/mol. The molecule has 0 spiro atoms. The van der Waals surface area contributed by atoms with Crippen molar-refractivity contribution in [3.63, 3.8) is 0 Å². The van der Waals surface area contributed by atoms with Crippen LogP contribution in [0.1, 0.15) is 11.8 Å². The second-order valence-electron chi connectivity index (χ2n) is 2.28. The van der Waals surface area contributed by atoms with Crippen molar-refractivity contribution in [2.45, 2.75) is 6.92 Å². The fraction of sp³-hybridized carbons (Fsp3) is 0.250. The molecule has 0 unspecified atom stereocenters. The van der Waals surface area contributed by atoms with Crippen LogP contribution >= 0.6 is 11.5 Å². The molecular formula is C8H9NO2S. The lowest BCUT2D eigenvalue weighted by molar-refractivity contribution is -0.104. The van der Waals surface area contributed by atoms with Gasteiger partial charge in [-0.2, -0.15) is 4.37 Å². The van der Waals surface area contributed by atoms with E-state index in [1.54, 1.807) is 26.2 Å². The molecule has 12 heavy (non-hydrogen) atoms. The van der Waals surface area contributed by atoms with Crippen LogP contribution in [0.2, 0.25) is 0 Å². The first kappa shape index (κ1) is 8.93. The minimum Gasteiger partial charge on any atom is -0.480 e. The lowest BCUT2D eigenvalue weighted by Gasteiger charge is -1.86. The maximum absolute atomic E-state index is 10.3. The number of rotatable bonds is 3. The van der Waals surface area contributed by atoms with Crippen molar-refractivity contribution in [1.82, 2.24) is 4.37 Å². The van der Waals surface area contributed by atoms with Crippen molar-refractivity contribution in [1.29, 1.82) is 0 Å². The Morgan fingerprint density at radius 2 is 2.50 bits per heavy atom. The zero-order chi connectivity index (χ0) is 8.97. The van der Waals surface area contributed by atoms with Crippen molar-refractivity contribution in [2.24, 2.45) is 0 Å². The fourth-order valence-electron chi connectivity index (χ4n) is 0.695. The van der Waals surface area contributed by atoms with Crippen LogP contribution in [0.15, 0.2) is 11.6 Å². The molecule has 1 aromatic rings. The zero-order valence-electron chi connectivity index (χ0n) is 6.90. The number of aromatic nitrogens is 1. The van der Waals surface area contributed by atoms with Crippen molar-refractivity contribution in [2.75, 3.05) is 7.11 Å². The standard InChI is InChI=1S/C8H9NO2S/c1-6(5-10)3-7-4-8(11-2)9-12-7/h3-5H,1-2H3/b6-3-. The van der Waals surface area contributed by atoms with Gasteiger partial charge >= 0.3 is 0 Å². The summed E-state index contributed by atoms with van der Waals surface area (Å²) in [4.78, 5) is 11.2. The second kappa shape index (κ2) is 4.01. The van der Waals surface area contributed by atoms with E-state index in [-0.39, 0.29) is 0 Å². The molecule has 0 aliphatic carbocycles. The topological polar surface area (TPSA) is 39.2 Å². The quantitative estimate of drug-likeness (QED) is 0.529. The maximum atomic E-state index is 10.3. The predicted octanol–water partition coefficient (Wildman–Crippen LogP) is 1.75. The summed E-state index contributed by atoms with van der Waals surface area (Å²) in [5.41, 5.74) is 0.682. The Morgan fingerprint density at radius 1 is 1.75 bits per heavy atom. The van der Waals surface area contributed by atoms with Gasteiger partial charge < -0.3 is 4.74 Å². The number of carbonyl (C=O) groups excluding carboxylic acids is 1. The molecule has 0 amide bonds. The SMILES string of the molecule is COc1cc(/C=C(/C)C=O)sn1. The van der Waals surface area contributed by atoms with E-state index in [1.165, 1.54) is 11.5 Å². The molecule has 0 atom stereocenters. The van der Waals surface area contributed by atoms with Crippen molar-refractivity contribution in [3.05, 3.63) is 16.5 Å². The smallest absolute Gasteiger partial charge is 0.225 e. The van der Waals surface area contributed by atoms with E-state index in [9.17, 15) is 4.79 Å². The Kier molecular flexibility index (Phi) is 2.99. The van der Waals surface area contributed by atoms with Crippen LogP contribution < -0.4 is 4.74 Å². The molecule has 4 heteroatoms. The van der Waals surface area contributed by atoms with E-state index in [0.29, 0.717) is 11.5 Å². The summed E-state index contributed by atoms with van der Waals surface area (Å²) in [6.45, 7) is 1.75. The van der Waals surface area contributed by atoms with Crippen LogP contribution in [0.5, 0.6) is 5.88 Å². The number of aldehydes is 1. The number of methoxy groups -OCH3 is 1. The largest absolute Gasteiger partial charge is 0.480 e. The summed E-state index contributed by atoms with van der Waals surface area (Å²) in [5, 5.41) is 0. The molecule has 0 saturated heterocycles. The minimum absolute atomic E-state index is 0.588. The van der Waals surface area contributed by atoms with Gasteiger partial charge in [-0.25, -0.2) is 0 Å². The van der Waals surface area contributed by atoms with Gasteiger partial charge in [0.15, 0.2) is 0 Å². The molecule has 0 aliphatic heterocycles. The van der Waals surface area contributed by atoms with E-state index >= 15 is 0 Å². The molecule has 0 bridgehead atoms. The van der Waals surface area contributed by atoms with Gasteiger partial charge in [0.05, 0.1) is 12.0 Å². The Hall–Kier alpha value is -1.16. The monoisotopic (exact) mass is 183 g/mol. The Bertz CT molecular complexity index is 304. The molecule has 1 heterocycles. The molecule has 0 N–H and O–H groups in total. The molecule has 0 radical (unpaired) electrons. The predicted molar refractivity (Wildman–Crippen MR) is 48.4 cm³/mol. The first-order chi connectivity index (χ1) is 5.76. The van der Waals surface area contributed by atoms with E-state index in [0.717, 1.165) is 11.2 Å². The lowest BCUT2D eigenvalue weighted by Crippen LogP contribution is -1.78. The van der Waals surface area contributed by atoms with Gasteiger partial charge in [0.1, 0.15) is 6.29 Å². The van der Waals surface area contributed by atoms with Gasteiger partial charge in [-0.1, -0.05) is 0 Å². The van der Waals surface area contributed by atoms with Crippen LogP contribution in [-0.4, -0.2) is 17.8 Å². The molecule has 0 aromatic carbocycles. The minimum atomic E-state index is 0.588. The van der Waals surface area contributed by atoms with E-state index in [2.05, 4.69) is 4.37 Å². The van der Waals surface area contributed by atoms with Crippen molar-refractivity contribution >= 4 is 23.9 Å². The molecule has 0 aliphatic rings.